The van der Waals surface area contributed by atoms with Gasteiger partial charge in [0, 0.05) is 23.8 Å². The highest BCUT2D eigenvalue weighted by Crippen LogP contribution is 2.27. The van der Waals surface area contributed by atoms with Gasteiger partial charge in [-0.3, -0.25) is 14.6 Å². The maximum absolute atomic E-state index is 13.3. The fourth-order valence-corrected chi connectivity index (χ4v) is 2.99. The molecule has 0 bridgehead atoms. The Hall–Kier alpha value is -3.54. The summed E-state index contributed by atoms with van der Waals surface area (Å²) in [5.74, 6) is -1.04. The molecule has 6 heteroatoms. The quantitative estimate of drug-likeness (QED) is 0.631. The molecule has 148 valence electrons. The SMILES string of the molecule is Cc1cccc(C(C)C)c1NC(=O)c1cncc(C(=O)Nc2cccc(F)c2)c1. The Bertz CT molecular complexity index is 1060. The van der Waals surface area contributed by atoms with Crippen molar-refractivity contribution >= 4 is 23.2 Å². The van der Waals surface area contributed by atoms with Crippen LogP contribution in [0.15, 0.2) is 60.9 Å². The van der Waals surface area contributed by atoms with Gasteiger partial charge in [-0.15, -0.1) is 0 Å². The van der Waals surface area contributed by atoms with E-state index in [1.807, 2.05) is 25.1 Å². The molecular formula is C23H22FN3O2. The number of hydrogen-bond acceptors (Lipinski definition) is 3. The molecule has 0 spiro atoms. The molecule has 1 heterocycles. The number of benzene rings is 2. The average molecular weight is 391 g/mol. The van der Waals surface area contributed by atoms with E-state index in [1.165, 1.54) is 36.7 Å². The number of aromatic nitrogens is 1. The maximum atomic E-state index is 13.3. The van der Waals surface area contributed by atoms with Crippen LogP contribution < -0.4 is 10.6 Å². The van der Waals surface area contributed by atoms with Crippen LogP contribution in [-0.4, -0.2) is 16.8 Å². The zero-order valence-electron chi connectivity index (χ0n) is 16.5. The Balaban J connectivity index is 1.81. The van der Waals surface area contributed by atoms with Crippen LogP contribution in [0.3, 0.4) is 0 Å². The van der Waals surface area contributed by atoms with Crippen molar-refractivity contribution in [3.05, 3.63) is 89.0 Å². The molecule has 29 heavy (non-hydrogen) atoms. The molecule has 0 aliphatic rings. The molecule has 2 amide bonds. The van der Waals surface area contributed by atoms with Gasteiger partial charge in [-0.25, -0.2) is 4.39 Å². The third-order valence-corrected chi connectivity index (χ3v) is 4.51. The lowest BCUT2D eigenvalue weighted by Crippen LogP contribution is -2.17. The number of rotatable bonds is 5. The molecule has 1 aromatic heterocycles. The lowest BCUT2D eigenvalue weighted by molar-refractivity contribution is 0.102. The van der Waals surface area contributed by atoms with Crippen molar-refractivity contribution in [2.75, 3.05) is 10.6 Å². The van der Waals surface area contributed by atoms with Crippen molar-refractivity contribution in [3.63, 3.8) is 0 Å². The largest absolute Gasteiger partial charge is 0.322 e. The molecule has 5 nitrogen and oxygen atoms in total. The number of nitrogens with zero attached hydrogens (tertiary/aromatic N) is 1. The molecule has 0 aliphatic carbocycles. The van der Waals surface area contributed by atoms with Crippen molar-refractivity contribution in [2.24, 2.45) is 0 Å². The highest BCUT2D eigenvalue weighted by molar-refractivity contribution is 6.08. The Kier molecular flexibility index (Phi) is 6.02. The Morgan fingerprint density at radius 3 is 2.24 bits per heavy atom. The van der Waals surface area contributed by atoms with Crippen LogP contribution in [0.5, 0.6) is 0 Å². The molecular weight excluding hydrogens is 369 g/mol. The van der Waals surface area contributed by atoms with Gasteiger partial charge in [0.25, 0.3) is 11.8 Å². The van der Waals surface area contributed by atoms with E-state index in [0.29, 0.717) is 5.69 Å². The number of amides is 2. The predicted molar refractivity (Wildman–Crippen MR) is 112 cm³/mol. The summed E-state index contributed by atoms with van der Waals surface area (Å²) in [4.78, 5) is 29.2. The fraction of sp³-hybridized carbons (Fsp3) is 0.174. The van der Waals surface area contributed by atoms with Crippen molar-refractivity contribution in [3.8, 4) is 0 Å². The van der Waals surface area contributed by atoms with Crippen molar-refractivity contribution in [1.82, 2.24) is 4.98 Å². The van der Waals surface area contributed by atoms with E-state index in [1.54, 1.807) is 6.07 Å². The first-order valence-electron chi connectivity index (χ1n) is 9.28. The van der Waals surface area contributed by atoms with Gasteiger partial charge >= 0.3 is 0 Å². The lowest BCUT2D eigenvalue weighted by Gasteiger charge is -2.16. The second-order valence-electron chi connectivity index (χ2n) is 7.07. The van der Waals surface area contributed by atoms with E-state index in [2.05, 4.69) is 29.5 Å². The van der Waals surface area contributed by atoms with E-state index < -0.39 is 11.7 Å². The van der Waals surface area contributed by atoms with E-state index in [9.17, 15) is 14.0 Å². The van der Waals surface area contributed by atoms with Crippen LogP contribution in [-0.2, 0) is 0 Å². The average Bonchev–Trinajstić information content (AvgIpc) is 2.69. The molecule has 2 aromatic carbocycles. The van der Waals surface area contributed by atoms with Gasteiger partial charge < -0.3 is 10.6 Å². The monoisotopic (exact) mass is 391 g/mol. The van der Waals surface area contributed by atoms with E-state index in [-0.39, 0.29) is 23.0 Å². The lowest BCUT2D eigenvalue weighted by atomic mass is 9.98. The molecule has 0 atom stereocenters. The molecule has 3 rings (SSSR count). The summed E-state index contributed by atoms with van der Waals surface area (Å²) in [5, 5.41) is 5.54. The summed E-state index contributed by atoms with van der Waals surface area (Å²) in [7, 11) is 0. The van der Waals surface area contributed by atoms with Gasteiger partial charge in [0.15, 0.2) is 0 Å². The molecule has 3 aromatic rings. The minimum atomic E-state index is -0.475. The molecule has 2 N–H and O–H groups in total. The molecule has 0 saturated carbocycles. The number of hydrogen-bond donors (Lipinski definition) is 2. The van der Waals surface area contributed by atoms with E-state index in [4.69, 9.17) is 0 Å². The van der Waals surface area contributed by atoms with Crippen LogP contribution in [0, 0.1) is 12.7 Å². The first-order chi connectivity index (χ1) is 13.8. The molecule has 0 aliphatic heterocycles. The van der Waals surface area contributed by atoms with E-state index in [0.717, 1.165) is 16.8 Å². The number of nitrogens with one attached hydrogen (secondary N) is 2. The molecule has 0 fully saturated rings. The van der Waals surface area contributed by atoms with Crippen LogP contribution >= 0.6 is 0 Å². The Labute approximate surface area is 169 Å². The number of pyridine rings is 1. The topological polar surface area (TPSA) is 71.1 Å². The standard InChI is InChI=1S/C23H22FN3O2/c1-14(2)20-9-4-6-15(3)21(20)27-23(29)17-10-16(12-25-13-17)22(28)26-19-8-5-7-18(24)11-19/h4-14H,1-3H3,(H,26,28)(H,27,29). The number of carbonyl (C=O) groups excluding carboxylic acids is 2. The Morgan fingerprint density at radius 2 is 1.59 bits per heavy atom. The van der Waals surface area contributed by atoms with Crippen LogP contribution in [0.4, 0.5) is 15.8 Å². The highest BCUT2D eigenvalue weighted by atomic mass is 19.1. The summed E-state index contributed by atoms with van der Waals surface area (Å²) in [6.45, 7) is 6.05. The third-order valence-electron chi connectivity index (χ3n) is 4.51. The second kappa shape index (κ2) is 8.65. The van der Waals surface area contributed by atoms with Crippen LogP contribution in [0.2, 0.25) is 0 Å². The van der Waals surface area contributed by atoms with Crippen molar-refractivity contribution in [1.29, 1.82) is 0 Å². The summed E-state index contributed by atoms with van der Waals surface area (Å²) >= 11 is 0. The van der Waals surface area contributed by atoms with Crippen molar-refractivity contribution in [2.45, 2.75) is 26.7 Å². The van der Waals surface area contributed by atoms with Gasteiger partial charge in [-0.2, -0.15) is 0 Å². The highest BCUT2D eigenvalue weighted by Gasteiger charge is 2.15. The zero-order chi connectivity index (χ0) is 21.0. The fourth-order valence-electron chi connectivity index (χ4n) is 2.99. The van der Waals surface area contributed by atoms with Gasteiger partial charge in [-0.1, -0.05) is 38.1 Å². The summed E-state index contributed by atoms with van der Waals surface area (Å²) < 4.78 is 13.3. The zero-order valence-corrected chi connectivity index (χ0v) is 16.5. The number of anilines is 2. The molecule has 0 saturated heterocycles. The minimum Gasteiger partial charge on any atom is -0.322 e. The van der Waals surface area contributed by atoms with Crippen LogP contribution in [0.1, 0.15) is 51.6 Å². The number of para-hydroxylation sites is 1. The normalized spacial score (nSPS) is 10.7. The maximum Gasteiger partial charge on any atom is 0.257 e. The first-order valence-corrected chi connectivity index (χ1v) is 9.28. The smallest absolute Gasteiger partial charge is 0.257 e. The van der Waals surface area contributed by atoms with Gasteiger partial charge in [0.05, 0.1) is 11.1 Å². The van der Waals surface area contributed by atoms with E-state index >= 15 is 0 Å². The summed E-state index contributed by atoms with van der Waals surface area (Å²) in [6, 6.07) is 12.9. The van der Waals surface area contributed by atoms with Gasteiger partial charge in [0.2, 0.25) is 0 Å². The minimum absolute atomic E-state index is 0.204. The number of aryl methyl sites for hydroxylation is 1. The summed E-state index contributed by atoms with van der Waals surface area (Å²) in [5.41, 5.74) is 3.54. The van der Waals surface area contributed by atoms with Crippen molar-refractivity contribution < 1.29 is 14.0 Å². The number of carbonyl (C=O) groups is 2. The molecule has 0 unspecified atom stereocenters. The number of halogens is 1. The third kappa shape index (κ3) is 4.85. The first kappa shape index (κ1) is 20.2. The van der Waals surface area contributed by atoms with Crippen LogP contribution in [0.25, 0.3) is 0 Å². The molecule has 0 radical (unpaired) electrons. The second-order valence-corrected chi connectivity index (χ2v) is 7.07. The van der Waals surface area contributed by atoms with Gasteiger partial charge in [-0.05, 0) is 48.2 Å². The predicted octanol–water partition coefficient (Wildman–Crippen LogP) is 5.16. The summed E-state index contributed by atoms with van der Waals surface area (Å²) in [6.07, 6.45) is 2.76. The van der Waals surface area contributed by atoms with Gasteiger partial charge in [0.1, 0.15) is 5.82 Å². The Morgan fingerprint density at radius 1 is 0.931 bits per heavy atom.